The summed E-state index contributed by atoms with van der Waals surface area (Å²) in [4.78, 5) is 0. The number of unbranched alkanes of at least 4 members (excludes halogenated alkanes) is 1. The van der Waals surface area contributed by atoms with Crippen molar-refractivity contribution in [1.82, 2.24) is 0 Å². The Balaban J connectivity index is 1.33. The molecule has 0 N–H and O–H groups in total. The van der Waals surface area contributed by atoms with Gasteiger partial charge in [0.1, 0.15) is 5.75 Å². The van der Waals surface area contributed by atoms with E-state index in [1.54, 1.807) is 36.4 Å². The van der Waals surface area contributed by atoms with Gasteiger partial charge >= 0.3 is 0 Å². The molecule has 0 bridgehead atoms. The van der Waals surface area contributed by atoms with E-state index in [2.05, 4.69) is 0 Å². The van der Waals surface area contributed by atoms with E-state index < -0.39 is 23.3 Å². The molecule has 0 radical (unpaired) electrons. The molecule has 0 aromatic heterocycles. The fourth-order valence-electron chi connectivity index (χ4n) is 4.92. The number of ether oxygens (including phenoxy) is 3. The van der Waals surface area contributed by atoms with Gasteiger partial charge in [-0.25, -0.2) is 13.2 Å². The van der Waals surface area contributed by atoms with E-state index in [4.69, 9.17) is 14.2 Å². The van der Waals surface area contributed by atoms with Gasteiger partial charge in [-0.05, 0) is 79.8 Å². The second kappa shape index (κ2) is 13.8. The predicted octanol–water partition coefficient (Wildman–Crippen LogP) is 9.12. The third-order valence-electron chi connectivity index (χ3n) is 7.22. The van der Waals surface area contributed by atoms with E-state index in [1.165, 1.54) is 12.1 Å². The topological polar surface area (TPSA) is 27.7 Å². The van der Waals surface area contributed by atoms with E-state index in [0.29, 0.717) is 55.8 Å². The number of rotatable bonds is 12. The van der Waals surface area contributed by atoms with Gasteiger partial charge in [-0.3, -0.25) is 0 Å². The second-order valence-corrected chi connectivity index (χ2v) is 10.0. The molecular formula is C32H36F4O3. The summed E-state index contributed by atoms with van der Waals surface area (Å²) in [6.07, 6.45) is 4.86. The molecule has 0 amide bonds. The second-order valence-electron chi connectivity index (χ2n) is 10.0. The van der Waals surface area contributed by atoms with Crippen LogP contribution >= 0.6 is 0 Å². The minimum atomic E-state index is -1.00. The van der Waals surface area contributed by atoms with Gasteiger partial charge in [-0.1, -0.05) is 44.5 Å². The van der Waals surface area contributed by atoms with Gasteiger partial charge in [0.2, 0.25) is 5.82 Å². The lowest BCUT2D eigenvalue weighted by Crippen LogP contribution is -2.21. The number of halogens is 4. The number of benzene rings is 3. The first-order valence-electron chi connectivity index (χ1n) is 13.8. The van der Waals surface area contributed by atoms with Crippen molar-refractivity contribution >= 4 is 0 Å². The highest BCUT2D eigenvalue weighted by molar-refractivity contribution is 5.65. The summed E-state index contributed by atoms with van der Waals surface area (Å²) in [6.45, 7) is 4.88. The summed E-state index contributed by atoms with van der Waals surface area (Å²) in [6, 6.07) is 13.2. The first kappa shape index (κ1) is 28.9. The van der Waals surface area contributed by atoms with Crippen molar-refractivity contribution in [2.75, 3.05) is 13.2 Å². The van der Waals surface area contributed by atoms with Crippen molar-refractivity contribution in [2.45, 2.75) is 77.4 Å². The molecule has 1 saturated carbocycles. The van der Waals surface area contributed by atoms with Crippen molar-refractivity contribution < 1.29 is 31.8 Å². The maximum Gasteiger partial charge on any atom is 0.200 e. The molecule has 0 atom stereocenters. The lowest BCUT2D eigenvalue weighted by atomic mass is 9.82. The van der Waals surface area contributed by atoms with Crippen LogP contribution in [-0.4, -0.2) is 19.3 Å². The SMILES string of the molecule is CCCCOc1ccc(COC2CCC(c3ccc(-c4ccc(OCCC)cc4)c(F)c3F)CC2)c(F)c1F. The third-order valence-corrected chi connectivity index (χ3v) is 7.22. The molecule has 0 unspecified atom stereocenters. The Morgan fingerprint density at radius 3 is 2.13 bits per heavy atom. The lowest BCUT2D eigenvalue weighted by Gasteiger charge is -2.29. The molecule has 1 fully saturated rings. The van der Waals surface area contributed by atoms with Crippen molar-refractivity contribution in [2.24, 2.45) is 0 Å². The molecular weight excluding hydrogens is 508 g/mol. The van der Waals surface area contributed by atoms with E-state index in [9.17, 15) is 8.78 Å². The molecule has 3 aromatic rings. The average Bonchev–Trinajstić information content (AvgIpc) is 2.96. The van der Waals surface area contributed by atoms with Crippen LogP contribution in [0.1, 0.15) is 75.8 Å². The fraction of sp³-hybridized carbons (Fsp3) is 0.438. The smallest absolute Gasteiger partial charge is 0.200 e. The monoisotopic (exact) mass is 544 g/mol. The summed E-state index contributed by atoms with van der Waals surface area (Å²) < 4.78 is 75.8. The molecule has 7 heteroatoms. The average molecular weight is 545 g/mol. The van der Waals surface area contributed by atoms with Crippen LogP contribution in [0.15, 0.2) is 48.5 Å². The zero-order valence-electron chi connectivity index (χ0n) is 22.6. The Bertz CT molecular complexity index is 1220. The standard InChI is InChI=1S/C32H36F4O3/c1-3-5-19-38-28-17-10-23(29(33)32(28)36)20-39-25-13-8-22(9-14-25)27-16-15-26(30(34)31(27)35)21-6-11-24(12-7-21)37-18-4-2/h6-7,10-12,15-17,22,25H,3-5,8-9,13-14,18-20H2,1-2H3. The van der Waals surface area contributed by atoms with Crippen LogP contribution in [0.2, 0.25) is 0 Å². The highest BCUT2D eigenvalue weighted by atomic mass is 19.2. The predicted molar refractivity (Wildman–Crippen MR) is 144 cm³/mol. The summed E-state index contributed by atoms with van der Waals surface area (Å²) in [5.41, 5.74) is 1.30. The molecule has 0 saturated heterocycles. The molecule has 1 aliphatic rings. The van der Waals surface area contributed by atoms with Crippen LogP contribution in [0.25, 0.3) is 11.1 Å². The minimum Gasteiger partial charge on any atom is -0.494 e. The summed E-state index contributed by atoms with van der Waals surface area (Å²) in [5, 5.41) is 0. The van der Waals surface area contributed by atoms with Gasteiger partial charge in [0.15, 0.2) is 23.2 Å². The Hall–Kier alpha value is -3.06. The van der Waals surface area contributed by atoms with Crippen LogP contribution in [-0.2, 0) is 11.3 Å². The van der Waals surface area contributed by atoms with Crippen LogP contribution in [0, 0.1) is 23.3 Å². The van der Waals surface area contributed by atoms with Gasteiger partial charge < -0.3 is 14.2 Å². The van der Waals surface area contributed by atoms with Crippen molar-refractivity contribution in [3.05, 3.63) is 82.9 Å². The van der Waals surface area contributed by atoms with Gasteiger partial charge in [-0.15, -0.1) is 0 Å². The Morgan fingerprint density at radius 2 is 1.44 bits per heavy atom. The molecule has 0 spiro atoms. The maximum atomic E-state index is 15.1. The normalized spacial score (nSPS) is 17.3. The molecule has 0 heterocycles. The van der Waals surface area contributed by atoms with Crippen LogP contribution < -0.4 is 9.47 Å². The van der Waals surface area contributed by atoms with E-state index in [0.717, 1.165) is 19.3 Å². The largest absolute Gasteiger partial charge is 0.494 e. The third kappa shape index (κ3) is 7.13. The number of hydrogen-bond donors (Lipinski definition) is 0. The minimum absolute atomic E-state index is 0.0622. The maximum absolute atomic E-state index is 15.1. The Labute approximate surface area is 228 Å². The van der Waals surface area contributed by atoms with Crippen molar-refractivity contribution in [3.8, 4) is 22.6 Å². The first-order valence-corrected chi connectivity index (χ1v) is 13.8. The Kier molecular flexibility index (Phi) is 10.3. The zero-order valence-corrected chi connectivity index (χ0v) is 22.6. The van der Waals surface area contributed by atoms with E-state index in [-0.39, 0.29) is 35.5 Å². The van der Waals surface area contributed by atoms with Crippen molar-refractivity contribution in [1.29, 1.82) is 0 Å². The van der Waals surface area contributed by atoms with E-state index in [1.807, 2.05) is 13.8 Å². The van der Waals surface area contributed by atoms with Crippen LogP contribution in [0.4, 0.5) is 17.6 Å². The van der Waals surface area contributed by atoms with E-state index >= 15 is 8.78 Å². The molecule has 210 valence electrons. The molecule has 1 aliphatic carbocycles. The summed E-state index contributed by atoms with van der Waals surface area (Å²) >= 11 is 0. The molecule has 0 aliphatic heterocycles. The van der Waals surface area contributed by atoms with Crippen molar-refractivity contribution in [3.63, 3.8) is 0 Å². The quantitative estimate of drug-likeness (QED) is 0.168. The summed E-state index contributed by atoms with van der Waals surface area (Å²) in [7, 11) is 0. The molecule has 3 nitrogen and oxygen atoms in total. The lowest BCUT2D eigenvalue weighted by molar-refractivity contribution is 0.0116. The van der Waals surface area contributed by atoms with Crippen LogP contribution in [0.5, 0.6) is 11.5 Å². The zero-order chi connectivity index (χ0) is 27.8. The number of hydrogen-bond acceptors (Lipinski definition) is 3. The van der Waals surface area contributed by atoms with Gasteiger partial charge in [-0.2, -0.15) is 4.39 Å². The van der Waals surface area contributed by atoms with Gasteiger partial charge in [0, 0.05) is 11.1 Å². The first-order chi connectivity index (χ1) is 18.9. The molecule has 3 aromatic carbocycles. The Morgan fingerprint density at radius 1 is 0.692 bits per heavy atom. The summed E-state index contributed by atoms with van der Waals surface area (Å²) in [5.74, 6) is -3.17. The fourth-order valence-corrected chi connectivity index (χ4v) is 4.92. The van der Waals surface area contributed by atoms with Gasteiger partial charge in [0.25, 0.3) is 0 Å². The highest BCUT2D eigenvalue weighted by Gasteiger charge is 2.27. The molecule has 39 heavy (non-hydrogen) atoms. The van der Waals surface area contributed by atoms with Gasteiger partial charge in [0.05, 0.1) is 25.9 Å². The molecule has 4 rings (SSSR count). The van der Waals surface area contributed by atoms with Crippen LogP contribution in [0.3, 0.4) is 0 Å². The highest BCUT2D eigenvalue weighted by Crippen LogP contribution is 2.38.